The Morgan fingerprint density at radius 1 is 1.07 bits per heavy atom. The quantitative estimate of drug-likeness (QED) is 0.666. The zero-order valence-electron chi connectivity index (χ0n) is 9.00. The molecule has 3 rings (SSSR count). The largest absolute Gasteiger partial charge is 0.316 e. The van der Waals surface area contributed by atoms with Gasteiger partial charge in [0, 0.05) is 13.1 Å². The summed E-state index contributed by atoms with van der Waals surface area (Å²) >= 11 is 0. The van der Waals surface area contributed by atoms with Crippen LogP contribution in [0, 0.1) is 5.92 Å². The Kier molecular flexibility index (Phi) is 2.47. The van der Waals surface area contributed by atoms with Gasteiger partial charge in [-0.25, -0.2) is 0 Å². The number of rotatable bonds is 0. The van der Waals surface area contributed by atoms with Crippen molar-refractivity contribution in [2.24, 2.45) is 5.92 Å². The molecule has 2 nitrogen and oxygen atoms in total. The van der Waals surface area contributed by atoms with Crippen LogP contribution >= 0.6 is 0 Å². The van der Waals surface area contributed by atoms with E-state index in [2.05, 4.69) is 34.9 Å². The second kappa shape index (κ2) is 3.95. The minimum absolute atomic E-state index is 0.775. The van der Waals surface area contributed by atoms with Gasteiger partial charge in [0.2, 0.25) is 0 Å². The Labute approximate surface area is 91.1 Å². The zero-order valence-corrected chi connectivity index (χ0v) is 9.00. The highest BCUT2D eigenvalue weighted by atomic mass is 14.9. The van der Waals surface area contributed by atoms with Gasteiger partial charge in [-0.3, -0.25) is 0 Å². The number of nitrogens with one attached hydrogen (secondary N) is 2. The van der Waals surface area contributed by atoms with Crippen LogP contribution in [0.2, 0.25) is 0 Å². The molecule has 15 heavy (non-hydrogen) atoms. The molecule has 80 valence electrons. The maximum absolute atomic E-state index is 3.56. The lowest BCUT2D eigenvalue weighted by atomic mass is 9.80. The fourth-order valence-electron chi connectivity index (χ4n) is 3.00. The van der Waals surface area contributed by atoms with Crippen LogP contribution < -0.4 is 10.6 Å². The van der Waals surface area contributed by atoms with Crippen molar-refractivity contribution in [1.82, 2.24) is 10.6 Å². The lowest BCUT2D eigenvalue weighted by Gasteiger charge is -2.31. The molecule has 2 aliphatic rings. The summed E-state index contributed by atoms with van der Waals surface area (Å²) < 4.78 is 0. The van der Waals surface area contributed by atoms with E-state index in [4.69, 9.17) is 0 Å². The van der Waals surface area contributed by atoms with Gasteiger partial charge in [-0.1, -0.05) is 24.3 Å². The second-order valence-corrected chi connectivity index (χ2v) is 4.69. The molecular weight excluding hydrogens is 184 g/mol. The average Bonchev–Trinajstić information content (AvgIpc) is 2.48. The highest BCUT2D eigenvalue weighted by Crippen LogP contribution is 2.33. The van der Waals surface area contributed by atoms with Crippen molar-refractivity contribution in [3.63, 3.8) is 0 Å². The summed E-state index contributed by atoms with van der Waals surface area (Å²) in [6, 6.07) is 8.93. The molecule has 1 aromatic rings. The van der Waals surface area contributed by atoms with Gasteiger partial charge in [-0.05, 0) is 42.5 Å². The minimum atomic E-state index is 0.775. The summed E-state index contributed by atoms with van der Waals surface area (Å²) in [4.78, 5) is 0. The molecule has 0 bridgehead atoms. The monoisotopic (exact) mass is 202 g/mol. The molecule has 0 aromatic heterocycles. The highest BCUT2D eigenvalue weighted by Gasteiger charge is 2.29. The van der Waals surface area contributed by atoms with Gasteiger partial charge in [0.05, 0.1) is 0 Å². The van der Waals surface area contributed by atoms with E-state index in [1.165, 1.54) is 25.1 Å². The normalized spacial score (nSPS) is 30.1. The molecule has 0 saturated carbocycles. The average molecular weight is 202 g/mol. The van der Waals surface area contributed by atoms with Gasteiger partial charge in [-0.15, -0.1) is 0 Å². The minimum Gasteiger partial charge on any atom is -0.316 e. The summed E-state index contributed by atoms with van der Waals surface area (Å²) in [5.74, 6) is 1.56. The van der Waals surface area contributed by atoms with Crippen molar-refractivity contribution < 1.29 is 0 Å². The second-order valence-electron chi connectivity index (χ2n) is 4.69. The maximum atomic E-state index is 3.56. The topological polar surface area (TPSA) is 24.1 Å². The molecule has 2 heterocycles. The van der Waals surface area contributed by atoms with E-state index in [0.717, 1.165) is 24.9 Å². The van der Waals surface area contributed by atoms with Crippen LogP contribution in [-0.4, -0.2) is 19.6 Å². The van der Waals surface area contributed by atoms with Gasteiger partial charge in [0.15, 0.2) is 0 Å². The van der Waals surface area contributed by atoms with E-state index in [0.29, 0.717) is 0 Å². The van der Waals surface area contributed by atoms with Crippen molar-refractivity contribution in [3.8, 4) is 0 Å². The predicted octanol–water partition coefficient (Wildman–Crippen LogP) is 1.48. The molecule has 2 atom stereocenters. The van der Waals surface area contributed by atoms with Crippen molar-refractivity contribution in [1.29, 1.82) is 0 Å². The predicted molar refractivity (Wildman–Crippen MR) is 61.9 cm³/mol. The zero-order chi connectivity index (χ0) is 10.1. The first-order valence-electron chi connectivity index (χ1n) is 5.94. The van der Waals surface area contributed by atoms with E-state index in [1.54, 1.807) is 5.56 Å². The maximum Gasteiger partial charge on any atom is 0.0208 e. The van der Waals surface area contributed by atoms with Gasteiger partial charge < -0.3 is 10.6 Å². The highest BCUT2D eigenvalue weighted by molar-refractivity contribution is 5.32. The number of hydrogen-bond donors (Lipinski definition) is 2. The van der Waals surface area contributed by atoms with Crippen LogP contribution in [0.25, 0.3) is 0 Å². The third-order valence-electron chi connectivity index (χ3n) is 3.78. The van der Waals surface area contributed by atoms with Gasteiger partial charge in [-0.2, -0.15) is 0 Å². The molecule has 2 N–H and O–H groups in total. The van der Waals surface area contributed by atoms with E-state index in [-0.39, 0.29) is 0 Å². The third kappa shape index (κ3) is 1.68. The molecule has 0 amide bonds. The van der Waals surface area contributed by atoms with Gasteiger partial charge >= 0.3 is 0 Å². The summed E-state index contributed by atoms with van der Waals surface area (Å²) in [5, 5.41) is 7.07. The molecule has 2 aliphatic heterocycles. The Bertz CT molecular complexity index is 348. The Morgan fingerprint density at radius 2 is 1.93 bits per heavy atom. The van der Waals surface area contributed by atoms with Crippen LogP contribution in [0.3, 0.4) is 0 Å². The smallest absolute Gasteiger partial charge is 0.0208 e. The molecule has 1 fully saturated rings. The summed E-state index contributed by atoms with van der Waals surface area (Å²) in [6.07, 6.45) is 1.30. The van der Waals surface area contributed by atoms with Gasteiger partial charge in [0.25, 0.3) is 0 Å². The number of benzene rings is 1. The molecule has 0 spiro atoms. The van der Waals surface area contributed by atoms with E-state index < -0.39 is 0 Å². The Balaban J connectivity index is 1.99. The van der Waals surface area contributed by atoms with Crippen molar-refractivity contribution in [2.45, 2.75) is 18.9 Å². The lowest BCUT2D eigenvalue weighted by molar-refractivity contribution is 0.322. The van der Waals surface area contributed by atoms with E-state index >= 15 is 0 Å². The van der Waals surface area contributed by atoms with Crippen LogP contribution in [0.5, 0.6) is 0 Å². The van der Waals surface area contributed by atoms with Crippen LogP contribution in [0.1, 0.15) is 23.5 Å². The molecular formula is C13H18N2. The first kappa shape index (κ1) is 9.37. The molecule has 2 heteroatoms. The fraction of sp³-hybridized carbons (Fsp3) is 0.538. The van der Waals surface area contributed by atoms with Crippen molar-refractivity contribution in [3.05, 3.63) is 35.4 Å². The molecule has 1 saturated heterocycles. The first-order chi connectivity index (χ1) is 7.45. The number of piperidine rings is 1. The molecule has 2 unspecified atom stereocenters. The van der Waals surface area contributed by atoms with Crippen molar-refractivity contribution in [2.75, 3.05) is 19.6 Å². The molecule has 0 aliphatic carbocycles. The lowest BCUT2D eigenvalue weighted by Crippen LogP contribution is -2.39. The molecule has 1 aromatic carbocycles. The van der Waals surface area contributed by atoms with Crippen LogP contribution in [0.15, 0.2) is 24.3 Å². The van der Waals surface area contributed by atoms with Gasteiger partial charge in [0.1, 0.15) is 0 Å². The third-order valence-corrected chi connectivity index (χ3v) is 3.78. The first-order valence-corrected chi connectivity index (χ1v) is 5.94. The van der Waals surface area contributed by atoms with Crippen molar-refractivity contribution >= 4 is 0 Å². The van der Waals surface area contributed by atoms with E-state index in [9.17, 15) is 0 Å². The van der Waals surface area contributed by atoms with Crippen LogP contribution in [-0.2, 0) is 6.54 Å². The molecule has 0 radical (unpaired) electrons. The Hall–Kier alpha value is -0.860. The summed E-state index contributed by atoms with van der Waals surface area (Å²) in [7, 11) is 0. The number of fused-ring (bicyclic) bond motifs is 3. The van der Waals surface area contributed by atoms with E-state index in [1.807, 2.05) is 0 Å². The Morgan fingerprint density at radius 3 is 2.93 bits per heavy atom. The number of hydrogen-bond acceptors (Lipinski definition) is 2. The van der Waals surface area contributed by atoms with Crippen LogP contribution in [0.4, 0.5) is 0 Å². The summed E-state index contributed by atoms with van der Waals surface area (Å²) in [5.41, 5.74) is 3.10. The SMILES string of the molecule is c1ccc2c(c1)CNCC1CNCCC21. The standard InChI is InChI=1S/C13H18N2/c1-2-4-12-10(3-1)7-15-9-11-8-14-6-5-13(11)12/h1-4,11,13-15H,5-9H2. The summed E-state index contributed by atoms with van der Waals surface area (Å²) in [6.45, 7) is 4.55. The fourth-order valence-corrected chi connectivity index (χ4v) is 3.00.